The lowest BCUT2D eigenvalue weighted by atomic mass is 10.2. The molecular weight excluding hydrogens is 285 g/mol. The van der Waals surface area contributed by atoms with E-state index in [1.54, 1.807) is 12.1 Å². The number of aryl methyl sites for hydroxylation is 1. The largest absolute Gasteiger partial charge is 0.465 e. The Hall–Kier alpha value is -1.45. The number of rotatable bonds is 2. The molecule has 0 aliphatic heterocycles. The van der Waals surface area contributed by atoms with Crippen molar-refractivity contribution < 1.29 is 9.53 Å². The lowest BCUT2D eigenvalue weighted by molar-refractivity contribution is 0.0600. The molecule has 2 aromatic rings. The van der Waals surface area contributed by atoms with Gasteiger partial charge in [-0.15, -0.1) is 0 Å². The van der Waals surface area contributed by atoms with Crippen molar-refractivity contribution in [1.29, 1.82) is 0 Å². The Balaban J connectivity index is 2.67. The number of ether oxygens (including phenoxy) is 1. The molecule has 0 aliphatic carbocycles. The predicted molar refractivity (Wildman–Crippen MR) is 76.6 cm³/mol. The van der Waals surface area contributed by atoms with Gasteiger partial charge in [0.2, 0.25) is 0 Å². The van der Waals surface area contributed by atoms with Crippen molar-refractivity contribution in [2.45, 2.75) is 13.8 Å². The highest BCUT2D eigenvalue weighted by Crippen LogP contribution is 2.31. The Morgan fingerprint density at radius 3 is 2.58 bits per heavy atom. The van der Waals surface area contributed by atoms with Crippen LogP contribution in [0.5, 0.6) is 0 Å². The van der Waals surface area contributed by atoms with E-state index in [2.05, 4.69) is 0 Å². The van der Waals surface area contributed by atoms with E-state index in [0.717, 1.165) is 17.1 Å². The number of hydrogen-bond donors (Lipinski definition) is 0. The molecule has 0 radical (unpaired) electrons. The minimum atomic E-state index is -0.363. The summed E-state index contributed by atoms with van der Waals surface area (Å²) in [5.41, 5.74) is 2.94. The van der Waals surface area contributed by atoms with Crippen molar-refractivity contribution in [1.82, 2.24) is 4.57 Å². The molecule has 0 saturated heterocycles. The Bertz CT molecular complexity index is 647. The third kappa shape index (κ3) is 2.36. The van der Waals surface area contributed by atoms with E-state index in [0.29, 0.717) is 15.6 Å². The van der Waals surface area contributed by atoms with Crippen molar-refractivity contribution in [2.24, 2.45) is 0 Å². The van der Waals surface area contributed by atoms with Crippen LogP contribution in [-0.4, -0.2) is 17.6 Å². The lowest BCUT2D eigenvalue weighted by Crippen LogP contribution is -2.05. The first kappa shape index (κ1) is 14.0. The van der Waals surface area contributed by atoms with Gasteiger partial charge < -0.3 is 9.30 Å². The second-order valence-electron chi connectivity index (χ2n) is 4.18. The summed E-state index contributed by atoms with van der Waals surface area (Å²) in [6.45, 7) is 3.74. The van der Waals surface area contributed by atoms with Crippen LogP contribution in [0.15, 0.2) is 24.3 Å². The van der Waals surface area contributed by atoms with Crippen LogP contribution in [0, 0.1) is 13.8 Å². The number of carbonyl (C=O) groups excluding carboxylic acids is 1. The van der Waals surface area contributed by atoms with Crippen LogP contribution < -0.4 is 0 Å². The first-order valence-corrected chi connectivity index (χ1v) is 6.44. The van der Waals surface area contributed by atoms with Crippen LogP contribution in [0.1, 0.15) is 21.7 Å². The molecule has 2 rings (SSSR count). The Kier molecular flexibility index (Phi) is 3.88. The molecule has 0 amide bonds. The molecule has 0 spiro atoms. The molecule has 5 heteroatoms. The number of benzene rings is 1. The minimum absolute atomic E-state index is 0.363. The standard InChI is InChI=1S/C14H13Cl2NO2/c1-8-7-10(14(18)19-3)9(2)17(8)12-6-4-5-11(15)13(12)16/h4-7H,1-3H3. The van der Waals surface area contributed by atoms with E-state index < -0.39 is 0 Å². The van der Waals surface area contributed by atoms with E-state index in [4.69, 9.17) is 27.9 Å². The fraction of sp³-hybridized carbons (Fsp3) is 0.214. The Morgan fingerprint density at radius 1 is 1.26 bits per heavy atom. The van der Waals surface area contributed by atoms with Gasteiger partial charge in [-0.2, -0.15) is 0 Å². The molecule has 0 bridgehead atoms. The summed E-state index contributed by atoms with van der Waals surface area (Å²) >= 11 is 12.3. The average Bonchev–Trinajstić information content (AvgIpc) is 2.68. The summed E-state index contributed by atoms with van der Waals surface area (Å²) in [6, 6.07) is 7.18. The normalized spacial score (nSPS) is 10.6. The van der Waals surface area contributed by atoms with Gasteiger partial charge in [-0.1, -0.05) is 29.3 Å². The quantitative estimate of drug-likeness (QED) is 0.778. The zero-order chi connectivity index (χ0) is 14.2. The summed E-state index contributed by atoms with van der Waals surface area (Å²) in [4.78, 5) is 11.7. The number of methoxy groups -OCH3 is 1. The molecule has 1 aromatic carbocycles. The fourth-order valence-corrected chi connectivity index (χ4v) is 2.50. The van der Waals surface area contributed by atoms with Gasteiger partial charge in [0.05, 0.1) is 28.4 Å². The molecule has 0 fully saturated rings. The van der Waals surface area contributed by atoms with E-state index in [9.17, 15) is 4.79 Å². The average molecular weight is 298 g/mol. The van der Waals surface area contributed by atoms with Gasteiger partial charge in [0.25, 0.3) is 0 Å². The van der Waals surface area contributed by atoms with E-state index in [-0.39, 0.29) is 5.97 Å². The molecule has 0 atom stereocenters. The smallest absolute Gasteiger partial charge is 0.339 e. The number of aromatic nitrogens is 1. The lowest BCUT2D eigenvalue weighted by Gasteiger charge is -2.12. The van der Waals surface area contributed by atoms with Gasteiger partial charge in [0.15, 0.2) is 0 Å². The van der Waals surface area contributed by atoms with Gasteiger partial charge in [-0.05, 0) is 32.0 Å². The van der Waals surface area contributed by atoms with Gasteiger partial charge in [0, 0.05) is 11.4 Å². The first-order chi connectivity index (χ1) is 8.97. The minimum Gasteiger partial charge on any atom is -0.465 e. The van der Waals surface area contributed by atoms with E-state index >= 15 is 0 Å². The van der Waals surface area contributed by atoms with Crippen molar-refractivity contribution in [3.63, 3.8) is 0 Å². The third-order valence-electron chi connectivity index (χ3n) is 3.01. The maximum Gasteiger partial charge on any atom is 0.339 e. The number of halogens is 2. The van der Waals surface area contributed by atoms with Crippen molar-refractivity contribution in [3.05, 3.63) is 51.3 Å². The highest BCUT2D eigenvalue weighted by molar-refractivity contribution is 6.43. The maximum atomic E-state index is 11.7. The van der Waals surface area contributed by atoms with Gasteiger partial charge in [-0.3, -0.25) is 0 Å². The SMILES string of the molecule is COC(=O)c1cc(C)n(-c2cccc(Cl)c2Cl)c1C. The Labute approximate surface area is 121 Å². The molecule has 3 nitrogen and oxygen atoms in total. The molecule has 1 heterocycles. The van der Waals surface area contributed by atoms with Crippen LogP contribution >= 0.6 is 23.2 Å². The first-order valence-electron chi connectivity index (χ1n) is 5.69. The highest BCUT2D eigenvalue weighted by atomic mass is 35.5. The monoisotopic (exact) mass is 297 g/mol. The summed E-state index contributed by atoms with van der Waals surface area (Å²) in [7, 11) is 1.36. The second kappa shape index (κ2) is 5.27. The maximum absolute atomic E-state index is 11.7. The van der Waals surface area contributed by atoms with Gasteiger partial charge >= 0.3 is 5.97 Å². The summed E-state index contributed by atoms with van der Waals surface area (Å²) in [5.74, 6) is -0.363. The van der Waals surface area contributed by atoms with Crippen LogP contribution in [-0.2, 0) is 4.74 Å². The van der Waals surface area contributed by atoms with Gasteiger partial charge in [-0.25, -0.2) is 4.79 Å². The predicted octanol–water partition coefficient (Wildman–Crippen LogP) is 4.19. The third-order valence-corrected chi connectivity index (χ3v) is 3.82. The zero-order valence-electron chi connectivity index (χ0n) is 10.8. The molecule has 1 aromatic heterocycles. The molecule has 19 heavy (non-hydrogen) atoms. The summed E-state index contributed by atoms with van der Waals surface area (Å²) in [5, 5.41) is 0.939. The molecule has 0 saturated carbocycles. The van der Waals surface area contributed by atoms with Crippen molar-refractivity contribution >= 4 is 29.2 Å². The van der Waals surface area contributed by atoms with E-state index in [1.165, 1.54) is 7.11 Å². The van der Waals surface area contributed by atoms with Crippen LogP contribution in [0.2, 0.25) is 10.0 Å². The van der Waals surface area contributed by atoms with Crippen LogP contribution in [0.25, 0.3) is 5.69 Å². The second-order valence-corrected chi connectivity index (χ2v) is 4.97. The topological polar surface area (TPSA) is 31.2 Å². The summed E-state index contributed by atoms with van der Waals surface area (Å²) in [6.07, 6.45) is 0. The molecule has 100 valence electrons. The summed E-state index contributed by atoms with van der Waals surface area (Å²) < 4.78 is 6.65. The van der Waals surface area contributed by atoms with Crippen LogP contribution in [0.3, 0.4) is 0 Å². The number of carbonyl (C=O) groups is 1. The zero-order valence-corrected chi connectivity index (χ0v) is 12.3. The van der Waals surface area contributed by atoms with Crippen LogP contribution in [0.4, 0.5) is 0 Å². The van der Waals surface area contributed by atoms with Crippen molar-refractivity contribution in [2.75, 3.05) is 7.11 Å². The Morgan fingerprint density at radius 2 is 1.95 bits per heavy atom. The fourth-order valence-electron chi connectivity index (χ4n) is 2.12. The number of nitrogens with zero attached hydrogens (tertiary/aromatic N) is 1. The molecule has 0 aliphatic rings. The molecule has 0 N–H and O–H groups in total. The molecular formula is C14H13Cl2NO2. The number of hydrogen-bond acceptors (Lipinski definition) is 2. The van der Waals surface area contributed by atoms with E-state index in [1.807, 2.05) is 30.5 Å². The molecule has 0 unspecified atom stereocenters. The van der Waals surface area contributed by atoms with Gasteiger partial charge in [0.1, 0.15) is 0 Å². The highest BCUT2D eigenvalue weighted by Gasteiger charge is 2.18. The number of esters is 1. The van der Waals surface area contributed by atoms with Crippen molar-refractivity contribution in [3.8, 4) is 5.69 Å².